The van der Waals surface area contributed by atoms with Gasteiger partial charge in [0.2, 0.25) is 6.29 Å². The summed E-state index contributed by atoms with van der Waals surface area (Å²) in [5.74, 6) is -0.0343. The Morgan fingerprint density at radius 2 is 1.50 bits per heavy atom. The maximum Gasteiger partial charge on any atom is 0.229 e. The van der Waals surface area contributed by atoms with Crippen LogP contribution in [0, 0.1) is 5.92 Å². The van der Waals surface area contributed by atoms with Gasteiger partial charge < -0.3 is 58.7 Å². The number of benzene rings is 2. The highest BCUT2D eigenvalue weighted by Crippen LogP contribution is 2.34. The van der Waals surface area contributed by atoms with Crippen LogP contribution in [0.5, 0.6) is 17.2 Å². The Morgan fingerprint density at radius 1 is 0.810 bits per heavy atom. The molecule has 0 radical (unpaired) electrons. The van der Waals surface area contributed by atoms with E-state index >= 15 is 0 Å². The van der Waals surface area contributed by atoms with E-state index in [1.54, 1.807) is 38.1 Å². The number of methoxy groups -OCH3 is 1. The number of fused-ring (bicyclic) bond motifs is 1. The fourth-order valence-electron chi connectivity index (χ4n) is 4.99. The van der Waals surface area contributed by atoms with Gasteiger partial charge in [0.1, 0.15) is 64.5 Å². The molecule has 3 aromatic rings. The number of hydrogen-bond donors (Lipinski definition) is 6. The molecular weight excluding hydrogens is 556 g/mol. The van der Waals surface area contributed by atoms with Gasteiger partial charge in [-0.3, -0.25) is 4.79 Å². The van der Waals surface area contributed by atoms with Crippen LogP contribution in [0.3, 0.4) is 0 Å². The second-order valence-corrected chi connectivity index (χ2v) is 10.5. The Bertz CT molecular complexity index is 1440. The number of hydrogen-bond acceptors (Lipinski definition) is 13. The van der Waals surface area contributed by atoms with Gasteiger partial charge in [0.05, 0.1) is 25.9 Å². The molecule has 13 nitrogen and oxygen atoms in total. The maximum atomic E-state index is 12.8. The molecule has 2 aliphatic heterocycles. The molecule has 6 N–H and O–H groups in total. The molecule has 0 spiro atoms. The second kappa shape index (κ2) is 12.1. The Balaban J connectivity index is 1.35. The Labute approximate surface area is 240 Å². The van der Waals surface area contributed by atoms with E-state index in [1.165, 1.54) is 19.2 Å². The normalized spacial score (nSPS) is 33.4. The van der Waals surface area contributed by atoms with Gasteiger partial charge >= 0.3 is 0 Å². The lowest BCUT2D eigenvalue weighted by Crippen LogP contribution is -2.61. The summed E-state index contributed by atoms with van der Waals surface area (Å²) in [5.41, 5.74) is 0.0613. The molecule has 2 fully saturated rings. The third-order valence-corrected chi connectivity index (χ3v) is 7.76. The van der Waals surface area contributed by atoms with E-state index in [-0.39, 0.29) is 28.4 Å². The average molecular weight is 591 g/mol. The first-order valence-corrected chi connectivity index (χ1v) is 13.4. The maximum absolute atomic E-state index is 12.8. The van der Waals surface area contributed by atoms with Crippen molar-refractivity contribution in [2.75, 3.05) is 13.7 Å². The van der Waals surface area contributed by atoms with Gasteiger partial charge in [-0.1, -0.05) is 6.92 Å². The number of aromatic hydroxyl groups is 1. The van der Waals surface area contributed by atoms with Crippen LogP contribution < -0.4 is 14.9 Å². The molecule has 2 saturated heterocycles. The topological polar surface area (TPSA) is 198 Å². The highest BCUT2D eigenvalue weighted by Gasteiger charge is 2.47. The molecule has 2 aliphatic rings. The smallest absolute Gasteiger partial charge is 0.229 e. The molecule has 0 saturated carbocycles. The molecule has 0 amide bonds. The van der Waals surface area contributed by atoms with Crippen LogP contribution in [0.25, 0.3) is 22.3 Å². The van der Waals surface area contributed by atoms with Gasteiger partial charge in [-0.15, -0.1) is 0 Å². The first-order valence-electron chi connectivity index (χ1n) is 13.4. The molecule has 0 unspecified atom stereocenters. The van der Waals surface area contributed by atoms with E-state index in [4.69, 9.17) is 28.1 Å². The largest absolute Gasteiger partial charge is 0.507 e. The molecule has 0 bridgehead atoms. The monoisotopic (exact) mass is 590 g/mol. The fraction of sp³-hybridized carbons (Fsp3) is 0.483. The first kappa shape index (κ1) is 30.2. The minimum absolute atomic E-state index is 0.0144. The predicted octanol–water partition coefficient (Wildman–Crippen LogP) is 0.480. The zero-order chi connectivity index (χ0) is 30.3. The van der Waals surface area contributed by atoms with Crippen molar-refractivity contribution in [2.45, 2.75) is 69.2 Å². The molecule has 13 heteroatoms. The van der Waals surface area contributed by atoms with Crippen LogP contribution in [-0.2, 0) is 14.2 Å². The summed E-state index contributed by atoms with van der Waals surface area (Å²) in [4.78, 5) is 12.8. The summed E-state index contributed by atoms with van der Waals surface area (Å²) < 4.78 is 33.6. The predicted molar refractivity (Wildman–Crippen MR) is 145 cm³/mol. The lowest BCUT2D eigenvalue weighted by molar-refractivity contribution is -0.312. The van der Waals surface area contributed by atoms with Crippen molar-refractivity contribution in [1.29, 1.82) is 0 Å². The summed E-state index contributed by atoms with van der Waals surface area (Å²) in [5, 5.41) is 62.6. The van der Waals surface area contributed by atoms with Crippen LogP contribution in [0.2, 0.25) is 0 Å². The number of ether oxygens (including phenoxy) is 5. The highest BCUT2D eigenvalue weighted by molar-refractivity contribution is 5.86. The SMILES string of the molecule is COc1ccc(-c2cc(=O)c3c(O)cc(O[C@@H]4O[C@H](CO[C@@H]5O[C@@H](C)[C@H](C)[C@@H](O)[C@H]5O)[C@@H](O)[C@H](O)[C@H]4O)cc3o2)cc1. The summed E-state index contributed by atoms with van der Waals surface area (Å²) >= 11 is 0. The van der Waals surface area contributed by atoms with Crippen molar-refractivity contribution < 1.29 is 58.7 Å². The molecule has 228 valence electrons. The standard InChI is InChI=1S/C29H34O13/c1-12-13(2)39-28(26(35)23(12)32)38-11-21-24(33)25(34)27(36)29(42-21)40-16-8-17(30)22-18(31)10-19(41-20(22)9-16)14-4-6-15(37-3)7-5-14/h4-10,12-13,21,23-30,32-36H,11H2,1-3H3/t12-,13-,21+,23+,24+,25-,26+,27+,28+,29+/m0/s1. The van der Waals surface area contributed by atoms with Gasteiger partial charge in [-0.05, 0) is 31.2 Å². The van der Waals surface area contributed by atoms with Crippen LogP contribution in [0.4, 0.5) is 0 Å². The number of phenols is 1. The van der Waals surface area contributed by atoms with Crippen LogP contribution in [-0.4, -0.2) is 99.7 Å². The zero-order valence-electron chi connectivity index (χ0n) is 23.1. The highest BCUT2D eigenvalue weighted by atomic mass is 16.7. The minimum Gasteiger partial charge on any atom is -0.507 e. The third-order valence-electron chi connectivity index (χ3n) is 7.76. The number of aliphatic hydroxyl groups excluding tert-OH is 5. The van der Waals surface area contributed by atoms with Crippen LogP contribution in [0.1, 0.15) is 13.8 Å². The molecule has 42 heavy (non-hydrogen) atoms. The fourth-order valence-corrected chi connectivity index (χ4v) is 4.99. The Morgan fingerprint density at radius 3 is 2.19 bits per heavy atom. The van der Waals surface area contributed by atoms with E-state index in [2.05, 4.69) is 0 Å². The van der Waals surface area contributed by atoms with Crippen molar-refractivity contribution in [3.05, 3.63) is 52.7 Å². The molecule has 2 aromatic carbocycles. The van der Waals surface area contributed by atoms with Crippen LogP contribution in [0.15, 0.2) is 51.7 Å². The van der Waals surface area contributed by atoms with Crippen molar-refractivity contribution in [3.63, 3.8) is 0 Å². The van der Waals surface area contributed by atoms with Gasteiger partial charge in [0.15, 0.2) is 11.7 Å². The first-order chi connectivity index (χ1) is 20.0. The summed E-state index contributed by atoms with van der Waals surface area (Å²) in [7, 11) is 1.53. The number of phenolic OH excluding ortho intramolecular Hbond substituents is 1. The van der Waals surface area contributed by atoms with Crippen LogP contribution >= 0.6 is 0 Å². The summed E-state index contributed by atoms with van der Waals surface area (Å²) in [6.07, 6.45) is -12.0. The number of rotatable bonds is 7. The molecule has 0 aliphatic carbocycles. The van der Waals surface area contributed by atoms with Crippen molar-refractivity contribution >= 4 is 11.0 Å². The second-order valence-electron chi connectivity index (χ2n) is 10.5. The number of aliphatic hydroxyl groups is 5. The van der Waals surface area contributed by atoms with E-state index in [1.807, 2.05) is 0 Å². The lowest BCUT2D eigenvalue weighted by atomic mass is 9.92. The van der Waals surface area contributed by atoms with E-state index in [0.717, 1.165) is 6.07 Å². The molecule has 5 rings (SSSR count). The van der Waals surface area contributed by atoms with E-state index in [9.17, 15) is 35.4 Å². The van der Waals surface area contributed by atoms with Gasteiger partial charge in [0.25, 0.3) is 0 Å². The Hall–Kier alpha value is -3.27. The lowest BCUT2D eigenvalue weighted by Gasteiger charge is -2.42. The third kappa shape index (κ3) is 5.82. The molecular formula is C29H34O13. The minimum atomic E-state index is -1.72. The van der Waals surface area contributed by atoms with Gasteiger partial charge in [-0.25, -0.2) is 0 Å². The Kier molecular flexibility index (Phi) is 8.73. The van der Waals surface area contributed by atoms with Gasteiger partial charge in [-0.2, -0.15) is 0 Å². The summed E-state index contributed by atoms with van der Waals surface area (Å²) in [6.45, 7) is 3.04. The summed E-state index contributed by atoms with van der Waals surface area (Å²) in [6, 6.07) is 10.5. The average Bonchev–Trinajstić information content (AvgIpc) is 2.97. The van der Waals surface area contributed by atoms with Crippen molar-refractivity contribution in [1.82, 2.24) is 0 Å². The van der Waals surface area contributed by atoms with Crippen molar-refractivity contribution in [2.24, 2.45) is 5.92 Å². The van der Waals surface area contributed by atoms with E-state index in [0.29, 0.717) is 11.3 Å². The molecule has 10 atom stereocenters. The van der Waals surface area contributed by atoms with E-state index < -0.39 is 73.1 Å². The zero-order valence-corrected chi connectivity index (χ0v) is 23.1. The van der Waals surface area contributed by atoms with Crippen molar-refractivity contribution in [3.8, 4) is 28.6 Å². The molecule has 1 aromatic heterocycles. The quantitative estimate of drug-likeness (QED) is 0.222. The molecule has 3 heterocycles. The van der Waals surface area contributed by atoms with Gasteiger partial charge in [0, 0.05) is 29.7 Å².